The predicted molar refractivity (Wildman–Crippen MR) is 98.9 cm³/mol. The molecule has 2 heterocycles. The van der Waals surface area contributed by atoms with Crippen molar-refractivity contribution in [3.8, 4) is 10.8 Å². The highest BCUT2D eigenvalue weighted by Crippen LogP contribution is 2.22. The summed E-state index contributed by atoms with van der Waals surface area (Å²) in [4.78, 5) is 13.9. The van der Waals surface area contributed by atoms with E-state index in [4.69, 9.17) is 9.15 Å². The highest BCUT2D eigenvalue weighted by atomic mass is 32.1. The molecule has 0 radical (unpaired) electrons. The largest absolute Gasteiger partial charge is 0.414 e. The Labute approximate surface area is 163 Å². The number of anilines is 1. The zero-order valence-corrected chi connectivity index (χ0v) is 15.9. The molecule has 0 fully saturated rings. The molecule has 148 valence electrons. The number of carbonyl (C=O) groups is 1. The lowest BCUT2D eigenvalue weighted by Gasteiger charge is -2.17. The van der Waals surface area contributed by atoms with E-state index in [1.54, 1.807) is 7.11 Å². The monoisotopic (exact) mass is 409 g/mol. The molecule has 7 nitrogen and oxygen atoms in total. The number of halogens is 2. The molecule has 28 heavy (non-hydrogen) atoms. The molecule has 0 aliphatic carbocycles. The zero-order valence-electron chi connectivity index (χ0n) is 15.1. The van der Waals surface area contributed by atoms with Crippen LogP contribution < -0.4 is 10.2 Å². The number of para-hydroxylation sites is 1. The molecular formula is C18H19F2N4O3S+. The van der Waals surface area contributed by atoms with Crippen molar-refractivity contribution in [2.24, 2.45) is 0 Å². The lowest BCUT2D eigenvalue weighted by atomic mass is 10.3. The molecule has 0 bridgehead atoms. The van der Waals surface area contributed by atoms with Gasteiger partial charge in [0.05, 0.1) is 11.5 Å². The molecular weight excluding hydrogens is 390 g/mol. The summed E-state index contributed by atoms with van der Waals surface area (Å²) in [6.45, 7) is 1.09. The van der Waals surface area contributed by atoms with Gasteiger partial charge >= 0.3 is 0 Å². The summed E-state index contributed by atoms with van der Waals surface area (Å²) in [6, 6.07) is 7.15. The van der Waals surface area contributed by atoms with E-state index < -0.39 is 23.2 Å². The number of ether oxygens (including phenoxy) is 1. The van der Waals surface area contributed by atoms with Gasteiger partial charge in [-0.15, -0.1) is 21.5 Å². The summed E-state index contributed by atoms with van der Waals surface area (Å²) >= 11 is 1.48. The van der Waals surface area contributed by atoms with Crippen molar-refractivity contribution in [1.29, 1.82) is 0 Å². The molecule has 1 unspecified atom stereocenters. The SMILES string of the molecule is COCC[NH+](CC(=O)Nc1c(F)cccc1F)Cc1nnc(-c2cccs2)o1. The quantitative estimate of drug-likeness (QED) is 0.563. The molecule has 1 amide bonds. The van der Waals surface area contributed by atoms with E-state index in [1.165, 1.54) is 17.4 Å². The molecule has 2 aromatic heterocycles. The van der Waals surface area contributed by atoms with Crippen LogP contribution in [0.15, 0.2) is 40.1 Å². The number of thiophene rings is 1. The fourth-order valence-electron chi connectivity index (χ4n) is 2.55. The van der Waals surface area contributed by atoms with E-state index in [0.29, 0.717) is 24.9 Å². The van der Waals surface area contributed by atoms with Crippen molar-refractivity contribution in [1.82, 2.24) is 10.2 Å². The lowest BCUT2D eigenvalue weighted by Crippen LogP contribution is -3.12. The first kappa shape index (κ1) is 20.1. The minimum atomic E-state index is -0.829. The molecule has 0 saturated heterocycles. The van der Waals surface area contributed by atoms with E-state index in [1.807, 2.05) is 17.5 Å². The number of amides is 1. The molecule has 3 aromatic rings. The van der Waals surface area contributed by atoms with E-state index in [2.05, 4.69) is 15.5 Å². The topological polar surface area (TPSA) is 81.7 Å². The van der Waals surface area contributed by atoms with Crippen molar-refractivity contribution < 1.29 is 27.6 Å². The lowest BCUT2D eigenvalue weighted by molar-refractivity contribution is -0.907. The van der Waals surface area contributed by atoms with Crippen LogP contribution in [0, 0.1) is 11.6 Å². The standard InChI is InChI=1S/C18H18F2N4O3S/c1-26-8-7-24(10-15(25)21-17-12(19)4-2-5-13(17)20)11-16-22-23-18(27-16)14-6-3-9-28-14/h2-6,9H,7-8,10-11H2,1H3,(H,21,25)/p+1. The first-order valence-electron chi connectivity index (χ1n) is 8.49. The average Bonchev–Trinajstić information content (AvgIpc) is 3.34. The average molecular weight is 409 g/mol. The van der Waals surface area contributed by atoms with Crippen LogP contribution in [0.3, 0.4) is 0 Å². The number of carbonyl (C=O) groups excluding carboxylic acids is 1. The highest BCUT2D eigenvalue weighted by molar-refractivity contribution is 7.13. The Hall–Kier alpha value is -2.69. The van der Waals surface area contributed by atoms with Gasteiger partial charge in [0.15, 0.2) is 13.1 Å². The van der Waals surface area contributed by atoms with Gasteiger partial charge in [-0.3, -0.25) is 4.79 Å². The first-order chi connectivity index (χ1) is 13.6. The third kappa shape index (κ3) is 5.18. The van der Waals surface area contributed by atoms with Gasteiger partial charge in [0.2, 0.25) is 0 Å². The Morgan fingerprint density at radius 2 is 2.04 bits per heavy atom. The highest BCUT2D eigenvalue weighted by Gasteiger charge is 2.21. The Bertz CT molecular complexity index is 897. The van der Waals surface area contributed by atoms with Gasteiger partial charge in [-0.2, -0.15) is 0 Å². The smallest absolute Gasteiger partial charge is 0.279 e. The van der Waals surface area contributed by atoms with Crippen molar-refractivity contribution >= 4 is 22.9 Å². The van der Waals surface area contributed by atoms with E-state index in [9.17, 15) is 13.6 Å². The molecule has 10 heteroatoms. The summed E-state index contributed by atoms with van der Waals surface area (Å²) in [7, 11) is 1.55. The Morgan fingerprint density at radius 1 is 1.25 bits per heavy atom. The molecule has 0 aliphatic heterocycles. The molecule has 3 rings (SSSR count). The van der Waals surface area contributed by atoms with E-state index in [0.717, 1.165) is 21.9 Å². The van der Waals surface area contributed by atoms with Gasteiger partial charge in [0.25, 0.3) is 17.7 Å². The minimum absolute atomic E-state index is 0.0478. The van der Waals surface area contributed by atoms with Crippen molar-refractivity contribution in [2.45, 2.75) is 6.54 Å². The number of aromatic nitrogens is 2. The van der Waals surface area contributed by atoms with Gasteiger partial charge in [-0.1, -0.05) is 12.1 Å². The Kier molecular flexibility index (Phi) is 6.80. The maximum atomic E-state index is 13.7. The number of nitrogens with zero attached hydrogens (tertiary/aromatic N) is 2. The maximum absolute atomic E-state index is 13.7. The number of quaternary nitrogens is 1. The van der Waals surface area contributed by atoms with Crippen LogP contribution in [0.1, 0.15) is 5.89 Å². The van der Waals surface area contributed by atoms with Gasteiger partial charge in [0.1, 0.15) is 23.9 Å². The van der Waals surface area contributed by atoms with Crippen LogP contribution in [0.2, 0.25) is 0 Å². The molecule has 0 spiro atoms. The van der Waals surface area contributed by atoms with Crippen LogP contribution in [-0.2, 0) is 16.1 Å². The number of nitrogens with one attached hydrogen (secondary N) is 2. The van der Waals surface area contributed by atoms with Gasteiger partial charge in [-0.05, 0) is 23.6 Å². The van der Waals surface area contributed by atoms with Gasteiger partial charge in [0, 0.05) is 7.11 Å². The van der Waals surface area contributed by atoms with E-state index >= 15 is 0 Å². The second-order valence-electron chi connectivity index (χ2n) is 5.97. The molecule has 1 atom stereocenters. The number of hydrogen-bond acceptors (Lipinski definition) is 6. The third-order valence-electron chi connectivity index (χ3n) is 3.90. The third-order valence-corrected chi connectivity index (χ3v) is 4.76. The number of methoxy groups -OCH3 is 1. The molecule has 0 saturated carbocycles. The van der Waals surface area contributed by atoms with Crippen molar-refractivity contribution in [3.05, 3.63) is 53.2 Å². The fourth-order valence-corrected chi connectivity index (χ4v) is 3.20. The first-order valence-corrected chi connectivity index (χ1v) is 9.37. The van der Waals surface area contributed by atoms with Gasteiger partial charge in [-0.25, -0.2) is 8.78 Å². The number of hydrogen-bond donors (Lipinski definition) is 2. The summed E-state index contributed by atoms with van der Waals surface area (Å²) < 4.78 is 38.2. The summed E-state index contributed by atoms with van der Waals surface area (Å²) in [5.74, 6) is -1.42. The summed E-state index contributed by atoms with van der Waals surface area (Å²) in [5.41, 5.74) is -0.462. The van der Waals surface area contributed by atoms with Crippen LogP contribution in [0.5, 0.6) is 0 Å². The molecule has 1 aromatic carbocycles. The molecule has 0 aliphatic rings. The zero-order chi connectivity index (χ0) is 19.9. The fraction of sp³-hybridized carbons (Fsp3) is 0.278. The summed E-state index contributed by atoms with van der Waals surface area (Å²) in [5, 5.41) is 12.2. The Balaban J connectivity index is 1.65. The molecule has 2 N–H and O–H groups in total. The van der Waals surface area contributed by atoms with Crippen LogP contribution in [0.4, 0.5) is 14.5 Å². The summed E-state index contributed by atoms with van der Waals surface area (Å²) in [6.07, 6.45) is 0. The van der Waals surface area contributed by atoms with Crippen molar-refractivity contribution in [2.75, 3.05) is 32.1 Å². The Morgan fingerprint density at radius 3 is 2.71 bits per heavy atom. The second-order valence-corrected chi connectivity index (χ2v) is 6.92. The van der Waals surface area contributed by atoms with Crippen LogP contribution in [-0.4, -0.2) is 42.9 Å². The normalized spacial score (nSPS) is 12.1. The van der Waals surface area contributed by atoms with Crippen LogP contribution in [0.25, 0.3) is 10.8 Å². The number of benzene rings is 1. The van der Waals surface area contributed by atoms with Crippen molar-refractivity contribution in [3.63, 3.8) is 0 Å². The minimum Gasteiger partial charge on any atom is -0.414 e. The maximum Gasteiger partial charge on any atom is 0.279 e. The second kappa shape index (κ2) is 9.49. The van der Waals surface area contributed by atoms with Gasteiger partial charge < -0.3 is 19.4 Å². The van der Waals surface area contributed by atoms with Crippen LogP contribution >= 0.6 is 11.3 Å². The number of rotatable bonds is 9. The van der Waals surface area contributed by atoms with E-state index in [-0.39, 0.29) is 13.1 Å². The predicted octanol–water partition coefficient (Wildman–Crippen LogP) is 1.75.